The van der Waals surface area contributed by atoms with Gasteiger partial charge in [0.15, 0.2) is 0 Å². The zero-order chi connectivity index (χ0) is 11.9. The van der Waals surface area contributed by atoms with E-state index in [0.29, 0.717) is 4.90 Å². The minimum Gasteiger partial charge on any atom is -0.386 e. The minimum atomic E-state index is -4.66. The van der Waals surface area contributed by atoms with E-state index in [-0.39, 0.29) is 19.5 Å². The second kappa shape index (κ2) is 3.62. The number of hydrogen-bond acceptors (Lipinski definition) is 2. The maximum atomic E-state index is 12.5. The quantitative estimate of drug-likeness (QED) is 0.729. The summed E-state index contributed by atoms with van der Waals surface area (Å²) in [5.41, 5.74) is -1.20. The zero-order valence-electron chi connectivity index (χ0n) is 8.01. The van der Waals surface area contributed by atoms with Gasteiger partial charge in [0.25, 0.3) is 5.91 Å². The molecule has 1 saturated heterocycles. The maximum absolute atomic E-state index is 12.5. The summed E-state index contributed by atoms with van der Waals surface area (Å²) in [5.74, 6) is -6.58. The molecule has 1 fully saturated rings. The van der Waals surface area contributed by atoms with Crippen LogP contribution in [0, 0.1) is 0 Å². The minimum absolute atomic E-state index is 0.289. The molecule has 1 amide bonds. The molecule has 1 aliphatic rings. The fraction of sp³-hybridized carbons (Fsp3) is 0.875. The van der Waals surface area contributed by atoms with Gasteiger partial charge in [0.05, 0.1) is 18.7 Å². The predicted octanol–water partition coefficient (Wildman–Crippen LogP) is 0.870. The van der Waals surface area contributed by atoms with Crippen molar-refractivity contribution in [3.05, 3.63) is 0 Å². The van der Waals surface area contributed by atoms with Crippen molar-refractivity contribution in [2.45, 2.75) is 31.3 Å². The van der Waals surface area contributed by atoms with Crippen molar-refractivity contribution in [1.29, 1.82) is 0 Å². The van der Waals surface area contributed by atoms with Crippen LogP contribution in [0.4, 0.5) is 17.6 Å². The number of carbonyl (C=O) groups excluding carboxylic acids is 1. The lowest BCUT2D eigenvalue weighted by Crippen LogP contribution is -2.66. The van der Waals surface area contributed by atoms with E-state index in [1.54, 1.807) is 6.92 Å². The van der Waals surface area contributed by atoms with E-state index >= 15 is 0 Å². The Morgan fingerprint density at radius 2 is 2.00 bits per heavy atom. The Morgan fingerprint density at radius 1 is 1.53 bits per heavy atom. The van der Waals surface area contributed by atoms with E-state index in [2.05, 4.69) is 0 Å². The first-order valence-corrected chi connectivity index (χ1v) is 4.40. The molecular weight excluding hydrogens is 218 g/mol. The summed E-state index contributed by atoms with van der Waals surface area (Å²) in [6.07, 6.45) is -3.72. The monoisotopic (exact) mass is 229 g/mol. The summed E-state index contributed by atoms with van der Waals surface area (Å²) in [5, 5.41) is 9.42. The fourth-order valence-corrected chi connectivity index (χ4v) is 1.34. The summed E-state index contributed by atoms with van der Waals surface area (Å²) in [6, 6.07) is 0. The molecule has 1 N–H and O–H groups in total. The summed E-state index contributed by atoms with van der Waals surface area (Å²) < 4.78 is 48.7. The Labute approximate surface area is 83.7 Å². The van der Waals surface area contributed by atoms with Crippen LogP contribution in [0.15, 0.2) is 0 Å². The van der Waals surface area contributed by atoms with Gasteiger partial charge >= 0.3 is 12.3 Å². The highest BCUT2D eigenvalue weighted by Gasteiger charge is 2.55. The molecule has 15 heavy (non-hydrogen) atoms. The van der Waals surface area contributed by atoms with Gasteiger partial charge in [-0.2, -0.15) is 8.78 Å². The number of rotatable bonds is 3. The van der Waals surface area contributed by atoms with Gasteiger partial charge < -0.3 is 10.0 Å². The number of β-amino-alcohol motifs (C(OH)–C–C–N with tert-alkyl or cyclic N) is 1. The Kier molecular flexibility index (Phi) is 2.95. The Balaban J connectivity index is 2.59. The topological polar surface area (TPSA) is 40.5 Å². The SMILES string of the molecule is CCC1(O)CN(C(=O)C(F)(F)C(F)F)C1. The fourth-order valence-electron chi connectivity index (χ4n) is 1.34. The molecule has 0 aromatic carbocycles. The lowest BCUT2D eigenvalue weighted by Gasteiger charge is -2.46. The van der Waals surface area contributed by atoms with Gasteiger partial charge in [0, 0.05) is 0 Å². The predicted molar refractivity (Wildman–Crippen MR) is 42.8 cm³/mol. The first-order valence-electron chi connectivity index (χ1n) is 4.40. The first kappa shape index (κ1) is 12.2. The van der Waals surface area contributed by atoms with Crippen molar-refractivity contribution in [1.82, 2.24) is 4.90 Å². The molecule has 0 atom stereocenters. The molecule has 0 aromatic rings. The van der Waals surface area contributed by atoms with E-state index in [1.165, 1.54) is 0 Å². The Bertz CT molecular complexity index is 263. The van der Waals surface area contributed by atoms with Crippen LogP contribution >= 0.6 is 0 Å². The molecule has 3 nitrogen and oxygen atoms in total. The van der Waals surface area contributed by atoms with Crippen LogP contribution in [-0.4, -0.2) is 47.0 Å². The molecule has 0 spiro atoms. The van der Waals surface area contributed by atoms with Crippen LogP contribution in [0.5, 0.6) is 0 Å². The highest BCUT2D eigenvalue weighted by Crippen LogP contribution is 2.31. The number of aliphatic hydroxyl groups is 1. The molecule has 88 valence electrons. The normalized spacial score (nSPS) is 20.3. The summed E-state index contributed by atoms with van der Waals surface area (Å²) in [4.78, 5) is 11.4. The van der Waals surface area contributed by atoms with Crippen molar-refractivity contribution in [3.63, 3.8) is 0 Å². The largest absolute Gasteiger partial charge is 0.386 e. The van der Waals surface area contributed by atoms with Gasteiger partial charge in [-0.1, -0.05) is 6.92 Å². The molecule has 0 aromatic heterocycles. The molecule has 0 aliphatic carbocycles. The number of nitrogens with zero attached hydrogens (tertiary/aromatic N) is 1. The molecule has 0 radical (unpaired) electrons. The number of amides is 1. The van der Waals surface area contributed by atoms with Crippen LogP contribution < -0.4 is 0 Å². The molecule has 1 heterocycles. The van der Waals surface area contributed by atoms with Gasteiger partial charge in [-0.15, -0.1) is 0 Å². The average molecular weight is 229 g/mol. The van der Waals surface area contributed by atoms with E-state index in [0.717, 1.165) is 0 Å². The average Bonchev–Trinajstić information content (AvgIpc) is 2.11. The molecule has 0 unspecified atom stereocenters. The van der Waals surface area contributed by atoms with E-state index in [1.807, 2.05) is 0 Å². The van der Waals surface area contributed by atoms with Crippen LogP contribution in [0.25, 0.3) is 0 Å². The number of alkyl halides is 4. The van der Waals surface area contributed by atoms with Crippen LogP contribution in [0.3, 0.4) is 0 Å². The summed E-state index contributed by atoms with van der Waals surface area (Å²) in [7, 11) is 0. The maximum Gasteiger partial charge on any atom is 0.383 e. The molecular formula is C8H11F4NO2. The third kappa shape index (κ3) is 2.06. The van der Waals surface area contributed by atoms with Gasteiger partial charge in [-0.3, -0.25) is 4.79 Å². The van der Waals surface area contributed by atoms with Crippen molar-refractivity contribution in [2.75, 3.05) is 13.1 Å². The van der Waals surface area contributed by atoms with Crippen LogP contribution in [-0.2, 0) is 4.79 Å². The second-order valence-electron chi connectivity index (χ2n) is 3.66. The van der Waals surface area contributed by atoms with Gasteiger partial charge in [-0.05, 0) is 6.42 Å². The van der Waals surface area contributed by atoms with Crippen LogP contribution in [0.1, 0.15) is 13.3 Å². The summed E-state index contributed by atoms with van der Waals surface area (Å²) in [6.45, 7) is 0.988. The van der Waals surface area contributed by atoms with E-state index in [4.69, 9.17) is 0 Å². The molecule has 0 bridgehead atoms. The third-order valence-corrected chi connectivity index (χ3v) is 2.47. The lowest BCUT2D eigenvalue weighted by molar-refractivity contribution is -0.198. The molecule has 0 saturated carbocycles. The first-order chi connectivity index (χ1) is 6.73. The van der Waals surface area contributed by atoms with Gasteiger partial charge in [-0.25, -0.2) is 8.78 Å². The van der Waals surface area contributed by atoms with Gasteiger partial charge in [0.2, 0.25) is 0 Å². The third-order valence-electron chi connectivity index (χ3n) is 2.47. The second-order valence-corrected chi connectivity index (χ2v) is 3.66. The van der Waals surface area contributed by atoms with Crippen molar-refractivity contribution < 1.29 is 27.5 Å². The van der Waals surface area contributed by atoms with Crippen molar-refractivity contribution >= 4 is 5.91 Å². The van der Waals surface area contributed by atoms with Gasteiger partial charge in [0.1, 0.15) is 0 Å². The highest BCUT2D eigenvalue weighted by atomic mass is 19.3. The number of halogens is 4. The van der Waals surface area contributed by atoms with Crippen LogP contribution in [0.2, 0.25) is 0 Å². The number of likely N-dealkylation sites (tertiary alicyclic amines) is 1. The Morgan fingerprint density at radius 3 is 2.33 bits per heavy atom. The zero-order valence-corrected chi connectivity index (χ0v) is 8.01. The van der Waals surface area contributed by atoms with E-state index in [9.17, 15) is 27.5 Å². The highest BCUT2D eigenvalue weighted by molar-refractivity contribution is 5.85. The standard InChI is InChI=1S/C8H11F4NO2/c1-2-7(15)3-13(4-7)6(14)8(11,12)5(9)10/h5,15H,2-4H2,1H3. The number of hydrogen-bond donors (Lipinski definition) is 1. The molecule has 1 rings (SSSR count). The van der Waals surface area contributed by atoms with E-state index < -0.39 is 23.9 Å². The summed E-state index contributed by atoms with van der Waals surface area (Å²) >= 11 is 0. The Hall–Kier alpha value is -0.850. The molecule has 7 heteroatoms. The molecule has 1 aliphatic heterocycles. The lowest BCUT2D eigenvalue weighted by atomic mass is 9.91. The number of carbonyl (C=O) groups is 1. The smallest absolute Gasteiger partial charge is 0.383 e. The van der Waals surface area contributed by atoms with Crippen molar-refractivity contribution in [2.24, 2.45) is 0 Å². The van der Waals surface area contributed by atoms with Crippen molar-refractivity contribution in [3.8, 4) is 0 Å².